The molecule has 0 aliphatic carbocycles. The molecule has 1 aromatic heterocycles. The molecule has 5 nitrogen and oxygen atoms in total. The molecule has 0 unspecified atom stereocenters. The predicted molar refractivity (Wildman–Crippen MR) is 132 cm³/mol. The molecule has 0 fully saturated rings. The van der Waals surface area contributed by atoms with Crippen LogP contribution in [0, 0.1) is 18.6 Å². The van der Waals surface area contributed by atoms with E-state index in [0.29, 0.717) is 24.3 Å². The van der Waals surface area contributed by atoms with E-state index in [4.69, 9.17) is 22.3 Å². The second kappa shape index (κ2) is 10.2. The average Bonchev–Trinajstić information content (AvgIpc) is 3.17. The van der Waals surface area contributed by atoms with Crippen molar-refractivity contribution in [1.82, 2.24) is 14.5 Å². The molecular weight excluding hydrogens is 458 g/mol. The molecular formula is C26H31ClF2N4O. The molecule has 2 heterocycles. The summed E-state index contributed by atoms with van der Waals surface area (Å²) in [5.74, 6) is -1.06. The van der Waals surface area contributed by atoms with E-state index in [2.05, 4.69) is 4.57 Å². The van der Waals surface area contributed by atoms with Gasteiger partial charge in [-0.1, -0.05) is 37.6 Å². The van der Waals surface area contributed by atoms with Gasteiger partial charge in [-0.2, -0.15) is 0 Å². The summed E-state index contributed by atoms with van der Waals surface area (Å²) in [6.07, 6.45) is 0. The smallest absolute Gasteiger partial charge is 0.237 e. The summed E-state index contributed by atoms with van der Waals surface area (Å²) in [4.78, 5) is 18.7. The number of nitrogens with zero attached hydrogens (tertiary/aromatic N) is 3. The van der Waals surface area contributed by atoms with E-state index in [1.54, 1.807) is 4.90 Å². The van der Waals surface area contributed by atoms with Gasteiger partial charge in [-0.3, -0.25) is 4.79 Å². The van der Waals surface area contributed by atoms with Crippen LogP contribution < -0.4 is 5.73 Å². The quantitative estimate of drug-likeness (QED) is 0.519. The lowest BCUT2D eigenvalue weighted by atomic mass is 9.98. The molecule has 0 bridgehead atoms. The number of fused-ring (bicyclic) bond motifs is 1. The Balaban J connectivity index is 0.000000343. The summed E-state index contributed by atoms with van der Waals surface area (Å²) in [7, 11) is 0. The van der Waals surface area contributed by atoms with Gasteiger partial charge in [0.05, 0.1) is 17.8 Å². The molecule has 3 aromatic rings. The molecule has 1 aliphatic heterocycles. The topological polar surface area (TPSA) is 64.2 Å². The Bertz CT molecular complexity index is 1170. The van der Waals surface area contributed by atoms with Crippen molar-refractivity contribution < 1.29 is 13.6 Å². The molecule has 0 atom stereocenters. The predicted octanol–water partition coefficient (Wildman–Crippen LogP) is 5.64. The summed E-state index contributed by atoms with van der Waals surface area (Å²) in [5, 5.41) is 0.810. The lowest BCUT2D eigenvalue weighted by molar-refractivity contribution is -0.137. The Morgan fingerprint density at radius 1 is 1.15 bits per heavy atom. The zero-order chi connectivity index (χ0) is 25.2. The SMILES string of the molecule is CC(C)c1c(-c2ccc(F)c(F)c2)nc2n1CCN(C(=O)CN)C2(C)C.Cc1cccc(Cl)c1. The molecule has 0 saturated heterocycles. The Morgan fingerprint density at radius 3 is 2.38 bits per heavy atom. The summed E-state index contributed by atoms with van der Waals surface area (Å²) in [6, 6.07) is 11.6. The molecule has 1 aliphatic rings. The number of imidazole rings is 1. The minimum absolute atomic E-state index is 0.0583. The van der Waals surface area contributed by atoms with Gasteiger partial charge in [0.25, 0.3) is 0 Å². The summed E-state index contributed by atoms with van der Waals surface area (Å²) in [5.41, 5.74) is 8.23. The van der Waals surface area contributed by atoms with Crippen LogP contribution >= 0.6 is 11.6 Å². The highest BCUT2D eigenvalue weighted by Gasteiger charge is 2.41. The zero-order valence-corrected chi connectivity index (χ0v) is 21.0. The van der Waals surface area contributed by atoms with Gasteiger partial charge in [-0.05, 0) is 62.6 Å². The van der Waals surface area contributed by atoms with E-state index in [-0.39, 0.29) is 18.4 Å². The largest absolute Gasteiger partial charge is 0.327 e. The lowest BCUT2D eigenvalue weighted by Gasteiger charge is -2.42. The molecule has 0 saturated carbocycles. The molecule has 1 amide bonds. The van der Waals surface area contributed by atoms with Crippen LogP contribution in [0.3, 0.4) is 0 Å². The Kier molecular flexibility index (Phi) is 7.78. The van der Waals surface area contributed by atoms with Crippen molar-refractivity contribution in [3.8, 4) is 11.3 Å². The van der Waals surface area contributed by atoms with Crippen LogP contribution in [0.5, 0.6) is 0 Å². The van der Waals surface area contributed by atoms with E-state index in [1.807, 2.05) is 58.9 Å². The fraction of sp³-hybridized carbons (Fsp3) is 0.385. The molecule has 8 heteroatoms. The van der Waals surface area contributed by atoms with Crippen molar-refractivity contribution in [2.24, 2.45) is 5.73 Å². The maximum Gasteiger partial charge on any atom is 0.237 e. The van der Waals surface area contributed by atoms with Crippen LogP contribution in [-0.4, -0.2) is 33.4 Å². The first kappa shape index (κ1) is 25.8. The number of benzene rings is 2. The van der Waals surface area contributed by atoms with Gasteiger partial charge in [0.15, 0.2) is 11.6 Å². The van der Waals surface area contributed by atoms with Gasteiger partial charge in [0.2, 0.25) is 5.91 Å². The van der Waals surface area contributed by atoms with E-state index in [0.717, 1.165) is 22.6 Å². The highest BCUT2D eigenvalue weighted by atomic mass is 35.5. The second-order valence-corrected chi connectivity index (χ2v) is 9.65. The average molecular weight is 489 g/mol. The Labute approximate surface area is 204 Å². The van der Waals surface area contributed by atoms with Gasteiger partial charge < -0.3 is 15.2 Å². The lowest BCUT2D eigenvalue weighted by Crippen LogP contribution is -2.53. The molecule has 182 valence electrons. The summed E-state index contributed by atoms with van der Waals surface area (Å²) < 4.78 is 29.2. The van der Waals surface area contributed by atoms with Crippen LogP contribution in [0.25, 0.3) is 11.3 Å². The number of carbonyl (C=O) groups is 1. The third-order valence-electron chi connectivity index (χ3n) is 5.97. The fourth-order valence-corrected chi connectivity index (χ4v) is 4.60. The first-order valence-corrected chi connectivity index (χ1v) is 11.6. The first-order chi connectivity index (χ1) is 16.0. The van der Waals surface area contributed by atoms with E-state index in [9.17, 15) is 13.6 Å². The van der Waals surface area contributed by atoms with E-state index in [1.165, 1.54) is 17.7 Å². The highest BCUT2D eigenvalue weighted by Crippen LogP contribution is 2.38. The molecule has 0 spiro atoms. The Morgan fingerprint density at radius 2 is 1.85 bits per heavy atom. The highest BCUT2D eigenvalue weighted by molar-refractivity contribution is 6.30. The molecule has 4 rings (SSSR count). The van der Waals surface area contributed by atoms with Gasteiger partial charge in [0.1, 0.15) is 5.82 Å². The van der Waals surface area contributed by atoms with Crippen molar-refractivity contribution in [1.29, 1.82) is 0 Å². The fourth-order valence-electron chi connectivity index (χ4n) is 4.35. The van der Waals surface area contributed by atoms with Crippen LogP contribution in [0.2, 0.25) is 5.02 Å². The third-order valence-corrected chi connectivity index (χ3v) is 6.21. The maximum atomic E-state index is 13.8. The normalized spacial score (nSPS) is 14.5. The van der Waals surface area contributed by atoms with E-state index >= 15 is 0 Å². The number of aryl methyl sites for hydroxylation is 1. The zero-order valence-electron chi connectivity index (χ0n) is 20.2. The van der Waals surface area contributed by atoms with Gasteiger partial charge in [0, 0.05) is 29.4 Å². The van der Waals surface area contributed by atoms with Crippen LogP contribution in [0.4, 0.5) is 8.78 Å². The van der Waals surface area contributed by atoms with Crippen LogP contribution in [-0.2, 0) is 16.9 Å². The molecule has 0 radical (unpaired) electrons. The maximum absolute atomic E-state index is 13.8. The number of amides is 1. The molecule has 2 N–H and O–H groups in total. The second-order valence-electron chi connectivity index (χ2n) is 9.21. The third kappa shape index (κ3) is 5.15. The van der Waals surface area contributed by atoms with Crippen molar-refractivity contribution in [3.05, 3.63) is 76.2 Å². The minimum Gasteiger partial charge on any atom is -0.327 e. The minimum atomic E-state index is -0.901. The van der Waals surface area contributed by atoms with Crippen molar-refractivity contribution in [2.45, 2.75) is 52.6 Å². The Hall–Kier alpha value is -2.77. The first-order valence-electron chi connectivity index (χ1n) is 11.3. The number of carbonyl (C=O) groups excluding carboxylic acids is 1. The summed E-state index contributed by atoms with van der Waals surface area (Å²) in [6.45, 7) is 11.0. The van der Waals surface area contributed by atoms with Crippen molar-refractivity contribution in [3.63, 3.8) is 0 Å². The molecule has 34 heavy (non-hydrogen) atoms. The van der Waals surface area contributed by atoms with Crippen molar-refractivity contribution in [2.75, 3.05) is 13.1 Å². The van der Waals surface area contributed by atoms with Crippen LogP contribution in [0.1, 0.15) is 50.7 Å². The number of nitrogens with two attached hydrogens (primary N) is 1. The molecule has 2 aromatic carbocycles. The van der Waals surface area contributed by atoms with E-state index < -0.39 is 17.2 Å². The number of aromatic nitrogens is 2. The standard InChI is InChI=1S/C19H24F2N4O.C7H7Cl/c1-11(2)17-16(12-5-6-13(20)14(21)9-12)23-18-19(3,4)25(15(26)10-22)8-7-24(17)18;1-6-3-2-4-7(8)5-6/h5-6,9,11H,7-8,10,22H2,1-4H3;2-5H,1H3. The summed E-state index contributed by atoms with van der Waals surface area (Å²) >= 11 is 5.64. The van der Waals surface area contributed by atoms with Gasteiger partial charge >= 0.3 is 0 Å². The number of halogens is 3. The monoisotopic (exact) mass is 488 g/mol. The van der Waals surface area contributed by atoms with Gasteiger partial charge in [-0.25, -0.2) is 13.8 Å². The van der Waals surface area contributed by atoms with Gasteiger partial charge in [-0.15, -0.1) is 0 Å². The number of hydrogen-bond acceptors (Lipinski definition) is 3. The number of hydrogen-bond donors (Lipinski definition) is 1. The number of rotatable bonds is 3. The van der Waals surface area contributed by atoms with Crippen LogP contribution in [0.15, 0.2) is 42.5 Å². The van der Waals surface area contributed by atoms with Crippen molar-refractivity contribution >= 4 is 17.5 Å².